The van der Waals surface area contributed by atoms with Crippen molar-refractivity contribution in [3.05, 3.63) is 65.7 Å². The third-order valence-electron chi connectivity index (χ3n) is 5.47. The predicted octanol–water partition coefficient (Wildman–Crippen LogP) is 2.46. The van der Waals surface area contributed by atoms with Crippen LogP contribution in [0.5, 0.6) is 0 Å². The van der Waals surface area contributed by atoms with Gasteiger partial charge in [0.15, 0.2) is 0 Å². The van der Waals surface area contributed by atoms with E-state index in [4.69, 9.17) is 0 Å². The van der Waals surface area contributed by atoms with Crippen LogP contribution in [0.15, 0.2) is 54.6 Å². The van der Waals surface area contributed by atoms with Gasteiger partial charge < -0.3 is 10.2 Å². The van der Waals surface area contributed by atoms with Gasteiger partial charge in [0.1, 0.15) is 0 Å². The lowest BCUT2D eigenvalue weighted by Gasteiger charge is -2.35. The zero-order chi connectivity index (χ0) is 21.3. The molecule has 2 aromatic rings. The Balaban J connectivity index is 1.40. The summed E-state index contributed by atoms with van der Waals surface area (Å²) < 4.78 is 0. The number of rotatable bonds is 8. The van der Waals surface area contributed by atoms with E-state index in [1.165, 1.54) is 5.56 Å². The third kappa shape index (κ3) is 6.40. The molecule has 6 heteroatoms. The van der Waals surface area contributed by atoms with Gasteiger partial charge in [-0.05, 0) is 30.7 Å². The third-order valence-corrected chi connectivity index (χ3v) is 5.47. The number of nitrogens with one attached hydrogen (secondary N) is 1. The van der Waals surface area contributed by atoms with Crippen LogP contribution in [-0.4, -0.2) is 72.8 Å². The molecule has 0 atom stereocenters. The topological polar surface area (TPSA) is 55.9 Å². The number of likely N-dealkylation sites (N-methyl/N-ethyl adjacent to an activating group) is 1. The van der Waals surface area contributed by atoms with Gasteiger partial charge in [0.25, 0.3) is 0 Å². The zero-order valence-corrected chi connectivity index (χ0v) is 18.0. The second-order valence-electron chi connectivity index (χ2n) is 7.87. The first-order valence-electron chi connectivity index (χ1n) is 10.7. The standard InChI is InChI=1S/C24H32N4O2/c1-3-21-11-7-8-12-22(21)25-23(29)18-27-13-15-28(16-14-27)24(30)19-26(2)17-20-9-5-4-6-10-20/h4-12H,3,13-19H2,1-2H3,(H,25,29). The second-order valence-corrected chi connectivity index (χ2v) is 7.87. The van der Waals surface area contributed by atoms with Crippen LogP contribution in [0.1, 0.15) is 18.1 Å². The molecule has 2 aromatic carbocycles. The fourth-order valence-electron chi connectivity index (χ4n) is 3.78. The molecular formula is C24H32N4O2. The van der Waals surface area contributed by atoms with Gasteiger partial charge in [-0.15, -0.1) is 0 Å². The summed E-state index contributed by atoms with van der Waals surface area (Å²) in [5.74, 6) is 0.146. The van der Waals surface area contributed by atoms with Gasteiger partial charge in [-0.25, -0.2) is 0 Å². The lowest BCUT2D eigenvalue weighted by Crippen LogP contribution is -2.52. The number of para-hydroxylation sites is 1. The Morgan fingerprint density at radius 2 is 1.63 bits per heavy atom. The highest BCUT2D eigenvalue weighted by Crippen LogP contribution is 2.15. The van der Waals surface area contributed by atoms with E-state index < -0.39 is 0 Å². The molecule has 1 aliphatic rings. The van der Waals surface area contributed by atoms with Crippen LogP contribution in [0, 0.1) is 0 Å². The van der Waals surface area contributed by atoms with Crippen molar-refractivity contribution in [2.75, 3.05) is 51.6 Å². The Labute approximate surface area is 179 Å². The van der Waals surface area contributed by atoms with Crippen molar-refractivity contribution in [3.8, 4) is 0 Å². The van der Waals surface area contributed by atoms with Gasteiger partial charge >= 0.3 is 0 Å². The predicted molar refractivity (Wildman–Crippen MR) is 120 cm³/mol. The lowest BCUT2D eigenvalue weighted by molar-refractivity contribution is -0.134. The summed E-state index contributed by atoms with van der Waals surface area (Å²) in [7, 11) is 1.97. The molecule has 30 heavy (non-hydrogen) atoms. The molecule has 3 rings (SSSR count). The van der Waals surface area contributed by atoms with E-state index in [0.29, 0.717) is 26.2 Å². The molecule has 0 unspecified atom stereocenters. The molecule has 2 amide bonds. The smallest absolute Gasteiger partial charge is 0.238 e. The Kier molecular flexibility index (Phi) is 7.99. The van der Waals surface area contributed by atoms with Gasteiger partial charge in [-0.3, -0.25) is 19.4 Å². The molecule has 0 radical (unpaired) electrons. The van der Waals surface area contributed by atoms with Crippen molar-refractivity contribution >= 4 is 17.5 Å². The minimum Gasteiger partial charge on any atom is -0.339 e. The molecule has 6 nitrogen and oxygen atoms in total. The molecule has 160 valence electrons. The molecule has 1 fully saturated rings. The maximum absolute atomic E-state index is 12.6. The number of carbonyl (C=O) groups is 2. The summed E-state index contributed by atoms with van der Waals surface area (Å²) in [6.07, 6.45) is 0.885. The van der Waals surface area contributed by atoms with Gasteiger partial charge in [0.05, 0.1) is 13.1 Å². The Bertz CT molecular complexity index is 832. The fraction of sp³-hybridized carbons (Fsp3) is 0.417. The van der Waals surface area contributed by atoms with E-state index >= 15 is 0 Å². The number of benzene rings is 2. The number of hydrogen-bond donors (Lipinski definition) is 1. The number of hydrogen-bond acceptors (Lipinski definition) is 4. The number of amides is 2. The molecule has 1 saturated heterocycles. The second kappa shape index (κ2) is 10.9. The van der Waals surface area contributed by atoms with E-state index in [1.54, 1.807) is 0 Å². The number of nitrogens with zero attached hydrogens (tertiary/aromatic N) is 3. The Hall–Kier alpha value is -2.70. The minimum absolute atomic E-state index is 0.00160. The molecule has 0 spiro atoms. The largest absolute Gasteiger partial charge is 0.339 e. The van der Waals surface area contributed by atoms with Crippen molar-refractivity contribution in [1.29, 1.82) is 0 Å². The molecule has 0 aromatic heterocycles. The summed E-state index contributed by atoms with van der Waals surface area (Å²) >= 11 is 0. The maximum atomic E-state index is 12.6. The highest BCUT2D eigenvalue weighted by molar-refractivity contribution is 5.93. The summed E-state index contributed by atoms with van der Waals surface area (Å²) in [5, 5.41) is 3.02. The van der Waals surface area contributed by atoms with Crippen LogP contribution in [-0.2, 0) is 22.6 Å². The summed E-state index contributed by atoms with van der Waals surface area (Å²) in [6, 6.07) is 18.1. The van der Waals surface area contributed by atoms with Crippen LogP contribution >= 0.6 is 0 Å². The van der Waals surface area contributed by atoms with Crippen molar-refractivity contribution < 1.29 is 9.59 Å². The van der Waals surface area contributed by atoms with Crippen LogP contribution in [0.3, 0.4) is 0 Å². The SMILES string of the molecule is CCc1ccccc1NC(=O)CN1CCN(C(=O)CN(C)Cc2ccccc2)CC1. The van der Waals surface area contributed by atoms with Gasteiger partial charge in [0, 0.05) is 38.4 Å². The van der Waals surface area contributed by atoms with Crippen LogP contribution < -0.4 is 5.32 Å². The normalized spacial score (nSPS) is 14.7. The summed E-state index contributed by atoms with van der Waals surface area (Å²) in [6.45, 7) is 6.36. The molecule has 0 bridgehead atoms. The monoisotopic (exact) mass is 408 g/mol. The van der Waals surface area contributed by atoms with E-state index in [2.05, 4.69) is 29.3 Å². The van der Waals surface area contributed by atoms with Crippen molar-refractivity contribution in [2.24, 2.45) is 0 Å². The minimum atomic E-state index is -0.00160. The molecular weight excluding hydrogens is 376 g/mol. The molecule has 1 N–H and O–H groups in total. The van der Waals surface area contributed by atoms with Gasteiger partial charge in [-0.1, -0.05) is 55.5 Å². The van der Waals surface area contributed by atoms with Gasteiger partial charge in [0.2, 0.25) is 11.8 Å². The van der Waals surface area contributed by atoms with Crippen LogP contribution in [0.2, 0.25) is 0 Å². The van der Waals surface area contributed by atoms with Crippen LogP contribution in [0.25, 0.3) is 0 Å². The average Bonchev–Trinajstić information content (AvgIpc) is 2.75. The number of aryl methyl sites for hydroxylation is 1. The Morgan fingerprint density at radius 3 is 2.33 bits per heavy atom. The van der Waals surface area contributed by atoms with E-state index in [1.807, 2.05) is 59.3 Å². The van der Waals surface area contributed by atoms with Crippen molar-refractivity contribution in [3.63, 3.8) is 0 Å². The van der Waals surface area contributed by atoms with Crippen molar-refractivity contribution in [1.82, 2.24) is 14.7 Å². The van der Waals surface area contributed by atoms with E-state index in [-0.39, 0.29) is 11.8 Å². The molecule has 0 aliphatic carbocycles. The average molecular weight is 409 g/mol. The quantitative estimate of drug-likeness (QED) is 0.729. The first-order valence-corrected chi connectivity index (χ1v) is 10.7. The van der Waals surface area contributed by atoms with E-state index in [0.717, 1.165) is 37.3 Å². The summed E-state index contributed by atoms with van der Waals surface area (Å²) in [4.78, 5) is 31.1. The first kappa shape index (κ1) is 22.0. The molecule has 0 saturated carbocycles. The van der Waals surface area contributed by atoms with Crippen LogP contribution in [0.4, 0.5) is 5.69 Å². The molecule has 1 heterocycles. The van der Waals surface area contributed by atoms with E-state index in [9.17, 15) is 9.59 Å². The Morgan fingerprint density at radius 1 is 0.967 bits per heavy atom. The van der Waals surface area contributed by atoms with Gasteiger partial charge in [-0.2, -0.15) is 0 Å². The first-order chi connectivity index (χ1) is 14.5. The maximum Gasteiger partial charge on any atom is 0.238 e. The fourth-order valence-corrected chi connectivity index (χ4v) is 3.78. The zero-order valence-electron chi connectivity index (χ0n) is 18.0. The number of piperazine rings is 1. The molecule has 1 aliphatic heterocycles. The number of anilines is 1. The highest BCUT2D eigenvalue weighted by Gasteiger charge is 2.23. The van der Waals surface area contributed by atoms with Crippen molar-refractivity contribution in [2.45, 2.75) is 19.9 Å². The summed E-state index contributed by atoms with van der Waals surface area (Å²) in [5.41, 5.74) is 3.23. The highest BCUT2D eigenvalue weighted by atomic mass is 16.2. The number of carbonyl (C=O) groups excluding carboxylic acids is 2. The lowest BCUT2D eigenvalue weighted by atomic mass is 10.1.